The van der Waals surface area contributed by atoms with Gasteiger partial charge in [-0.15, -0.1) is 6.58 Å². The molecule has 1 rings (SSSR count). The minimum atomic E-state index is -0.986. The lowest BCUT2D eigenvalue weighted by atomic mass is 10.0. The zero-order chi connectivity index (χ0) is 10.6. The van der Waals surface area contributed by atoms with E-state index in [0.29, 0.717) is 13.0 Å². The van der Waals surface area contributed by atoms with Crippen LogP contribution >= 0.6 is 0 Å². The van der Waals surface area contributed by atoms with Gasteiger partial charge in [-0.1, -0.05) is 6.08 Å². The maximum absolute atomic E-state index is 11.2. The molecule has 1 N–H and O–H groups in total. The van der Waals surface area contributed by atoms with Crippen LogP contribution in [0.25, 0.3) is 0 Å². The zero-order valence-electron chi connectivity index (χ0n) is 7.81. The Morgan fingerprint density at radius 2 is 2.21 bits per heavy atom. The number of carbonyl (C=O) groups is 2. The summed E-state index contributed by atoms with van der Waals surface area (Å²) in [4.78, 5) is 22.7. The van der Waals surface area contributed by atoms with E-state index in [9.17, 15) is 9.59 Å². The average Bonchev–Trinajstić information content (AvgIpc) is 2.01. The summed E-state index contributed by atoms with van der Waals surface area (Å²) in [6.45, 7) is 4.32. The van der Waals surface area contributed by atoms with Gasteiger partial charge in [-0.3, -0.25) is 4.79 Å². The van der Waals surface area contributed by atoms with Crippen LogP contribution in [0.1, 0.15) is 6.42 Å². The van der Waals surface area contributed by atoms with Gasteiger partial charge < -0.3 is 14.7 Å². The third kappa shape index (κ3) is 2.48. The number of rotatable bonds is 4. The third-order valence-corrected chi connectivity index (χ3v) is 2.05. The van der Waals surface area contributed by atoms with Gasteiger partial charge >= 0.3 is 12.1 Å². The van der Waals surface area contributed by atoms with Gasteiger partial charge in [-0.25, -0.2) is 4.79 Å². The molecule has 0 unspecified atom stereocenters. The molecule has 5 heteroatoms. The SMILES string of the molecule is C=CCCOC(=O)C1CN(C(=O)O)C1. The highest BCUT2D eigenvalue weighted by atomic mass is 16.5. The van der Waals surface area contributed by atoms with Crippen LogP contribution in [0, 0.1) is 5.92 Å². The number of carbonyl (C=O) groups excluding carboxylic acids is 1. The van der Waals surface area contributed by atoms with Gasteiger partial charge in [0.15, 0.2) is 0 Å². The Hall–Kier alpha value is -1.52. The van der Waals surface area contributed by atoms with Crippen molar-refractivity contribution in [2.45, 2.75) is 6.42 Å². The molecule has 1 aliphatic heterocycles. The molecule has 0 aromatic heterocycles. The number of hydrogen-bond acceptors (Lipinski definition) is 3. The second-order valence-corrected chi connectivity index (χ2v) is 3.13. The van der Waals surface area contributed by atoms with Crippen molar-refractivity contribution in [3.63, 3.8) is 0 Å². The zero-order valence-corrected chi connectivity index (χ0v) is 7.81. The molecule has 0 aromatic rings. The summed E-state index contributed by atoms with van der Waals surface area (Å²) in [6, 6.07) is 0. The summed E-state index contributed by atoms with van der Waals surface area (Å²) in [5.41, 5.74) is 0. The van der Waals surface area contributed by atoms with E-state index in [1.54, 1.807) is 6.08 Å². The largest absolute Gasteiger partial charge is 0.465 e. The van der Waals surface area contributed by atoms with Gasteiger partial charge in [0.05, 0.1) is 12.5 Å². The average molecular weight is 199 g/mol. The Bertz CT molecular complexity index is 245. The number of likely N-dealkylation sites (tertiary alicyclic amines) is 1. The van der Waals surface area contributed by atoms with Gasteiger partial charge in [0.2, 0.25) is 0 Å². The second kappa shape index (κ2) is 4.64. The minimum Gasteiger partial charge on any atom is -0.465 e. The van der Waals surface area contributed by atoms with Crippen LogP contribution < -0.4 is 0 Å². The topological polar surface area (TPSA) is 66.8 Å². The minimum absolute atomic E-state index is 0.252. The number of ether oxygens (including phenoxy) is 1. The fourth-order valence-electron chi connectivity index (χ4n) is 1.14. The van der Waals surface area contributed by atoms with Crippen molar-refractivity contribution in [3.8, 4) is 0 Å². The van der Waals surface area contributed by atoms with Crippen LogP contribution in [0.3, 0.4) is 0 Å². The lowest BCUT2D eigenvalue weighted by Crippen LogP contribution is -2.53. The van der Waals surface area contributed by atoms with Gasteiger partial charge in [0.25, 0.3) is 0 Å². The van der Waals surface area contributed by atoms with E-state index >= 15 is 0 Å². The van der Waals surface area contributed by atoms with E-state index < -0.39 is 6.09 Å². The van der Waals surface area contributed by atoms with Crippen LogP contribution in [-0.2, 0) is 9.53 Å². The first kappa shape index (κ1) is 10.6. The molecule has 1 saturated heterocycles. The van der Waals surface area contributed by atoms with E-state index in [-0.39, 0.29) is 25.0 Å². The van der Waals surface area contributed by atoms with Gasteiger partial charge in [-0.2, -0.15) is 0 Å². The van der Waals surface area contributed by atoms with Crippen LogP contribution in [0.15, 0.2) is 12.7 Å². The molecule has 5 nitrogen and oxygen atoms in total. The Kier molecular flexibility index (Phi) is 3.50. The Balaban J connectivity index is 2.16. The first-order chi connectivity index (χ1) is 6.65. The van der Waals surface area contributed by atoms with Crippen molar-refractivity contribution in [1.29, 1.82) is 0 Å². The first-order valence-electron chi connectivity index (χ1n) is 4.40. The standard InChI is InChI=1S/C9H13NO4/c1-2-3-4-14-8(11)7-5-10(6-7)9(12)13/h2,7H,1,3-6H2,(H,12,13). The predicted molar refractivity (Wildman–Crippen MR) is 48.9 cm³/mol. The predicted octanol–water partition coefficient (Wildman–Crippen LogP) is 0.716. The molecular formula is C9H13NO4. The number of carboxylic acid groups (broad SMARTS) is 1. The van der Waals surface area contributed by atoms with Crippen molar-refractivity contribution in [3.05, 3.63) is 12.7 Å². The normalized spacial score (nSPS) is 15.9. The van der Waals surface area contributed by atoms with Crippen molar-refractivity contribution in [2.75, 3.05) is 19.7 Å². The van der Waals surface area contributed by atoms with Gasteiger partial charge in [0, 0.05) is 13.1 Å². The molecule has 1 amide bonds. The van der Waals surface area contributed by atoms with E-state index in [1.165, 1.54) is 4.90 Å². The molecule has 0 radical (unpaired) electrons. The molecule has 14 heavy (non-hydrogen) atoms. The number of hydrogen-bond donors (Lipinski definition) is 1. The van der Waals surface area contributed by atoms with E-state index in [0.717, 1.165) is 0 Å². The molecule has 0 bridgehead atoms. The fourth-order valence-corrected chi connectivity index (χ4v) is 1.14. The molecular weight excluding hydrogens is 186 g/mol. The summed E-state index contributed by atoms with van der Waals surface area (Å²) in [5, 5.41) is 8.51. The lowest BCUT2D eigenvalue weighted by molar-refractivity contribution is -0.153. The molecule has 0 atom stereocenters. The summed E-state index contributed by atoms with van der Waals surface area (Å²) < 4.78 is 4.88. The van der Waals surface area contributed by atoms with Crippen molar-refractivity contribution < 1.29 is 19.4 Å². The molecule has 1 fully saturated rings. The van der Waals surface area contributed by atoms with Crippen LogP contribution in [-0.4, -0.2) is 41.8 Å². The van der Waals surface area contributed by atoms with Crippen LogP contribution in [0.5, 0.6) is 0 Å². The molecule has 0 aromatic carbocycles. The smallest absolute Gasteiger partial charge is 0.407 e. The molecule has 0 aliphatic carbocycles. The molecule has 0 saturated carbocycles. The van der Waals surface area contributed by atoms with Crippen LogP contribution in [0.2, 0.25) is 0 Å². The number of esters is 1. The number of amides is 1. The summed E-state index contributed by atoms with van der Waals surface area (Å²) >= 11 is 0. The Labute approximate surface area is 82.0 Å². The Morgan fingerprint density at radius 3 is 2.71 bits per heavy atom. The third-order valence-electron chi connectivity index (χ3n) is 2.05. The van der Waals surface area contributed by atoms with E-state index in [1.807, 2.05) is 0 Å². The highest BCUT2D eigenvalue weighted by Gasteiger charge is 2.36. The Morgan fingerprint density at radius 1 is 1.57 bits per heavy atom. The van der Waals surface area contributed by atoms with E-state index in [2.05, 4.69) is 6.58 Å². The molecule has 1 heterocycles. The van der Waals surface area contributed by atoms with Crippen molar-refractivity contribution >= 4 is 12.1 Å². The monoisotopic (exact) mass is 199 g/mol. The maximum Gasteiger partial charge on any atom is 0.407 e. The highest BCUT2D eigenvalue weighted by molar-refractivity contribution is 5.77. The number of nitrogens with zero attached hydrogens (tertiary/aromatic N) is 1. The first-order valence-corrected chi connectivity index (χ1v) is 4.40. The van der Waals surface area contributed by atoms with Crippen molar-refractivity contribution in [1.82, 2.24) is 4.90 Å². The van der Waals surface area contributed by atoms with Gasteiger partial charge in [0.1, 0.15) is 0 Å². The lowest BCUT2D eigenvalue weighted by Gasteiger charge is -2.35. The summed E-state index contributed by atoms with van der Waals surface area (Å²) in [5.74, 6) is -0.597. The summed E-state index contributed by atoms with van der Waals surface area (Å²) in [6.07, 6.45) is 1.30. The molecule has 0 spiro atoms. The van der Waals surface area contributed by atoms with Crippen LogP contribution in [0.4, 0.5) is 4.79 Å². The van der Waals surface area contributed by atoms with Gasteiger partial charge in [-0.05, 0) is 6.42 Å². The quantitative estimate of drug-likeness (QED) is 0.411. The fraction of sp³-hybridized carbons (Fsp3) is 0.556. The summed E-state index contributed by atoms with van der Waals surface area (Å²) in [7, 11) is 0. The molecule has 1 aliphatic rings. The van der Waals surface area contributed by atoms with E-state index in [4.69, 9.17) is 9.84 Å². The second-order valence-electron chi connectivity index (χ2n) is 3.13. The van der Waals surface area contributed by atoms with Crippen molar-refractivity contribution in [2.24, 2.45) is 5.92 Å². The highest BCUT2D eigenvalue weighted by Crippen LogP contribution is 2.16. The maximum atomic E-state index is 11.2. The molecule has 78 valence electrons.